The Balaban J connectivity index is 0.000000230. The molecule has 14 nitrogen and oxygen atoms in total. The molecule has 264 valence electrons. The number of amides is 3. The number of ether oxygens (including phenoxy) is 3. The number of carbonyl (C=O) groups excluding carboxylic acids is 3. The lowest BCUT2D eigenvalue weighted by molar-refractivity contribution is -0.118. The number of aliphatic hydroxyl groups excluding tert-OH is 2. The van der Waals surface area contributed by atoms with Gasteiger partial charge >= 0.3 is 12.2 Å². The second-order valence-electron chi connectivity index (χ2n) is 10.3. The second kappa shape index (κ2) is 19.2. The lowest BCUT2D eigenvalue weighted by Crippen LogP contribution is -2.37. The number of aliphatic hydroxyl groups is 2. The van der Waals surface area contributed by atoms with E-state index >= 15 is 0 Å². The van der Waals surface area contributed by atoms with Crippen LogP contribution >= 0.6 is 67.8 Å². The number of carbonyl (C=O) groups is 3. The van der Waals surface area contributed by atoms with Crippen LogP contribution in [-0.4, -0.2) is 111 Å². The number of hydrazone groups is 1. The predicted molar refractivity (Wildman–Crippen MR) is 202 cm³/mol. The molecule has 3 heterocycles. The first-order chi connectivity index (χ1) is 22.8. The minimum atomic E-state index is -0.614. The second-order valence-corrected chi connectivity index (χ2v) is 23.0. The zero-order valence-electron chi connectivity index (χ0n) is 25.9. The van der Waals surface area contributed by atoms with Gasteiger partial charge in [-0.15, -0.1) is 0 Å². The van der Waals surface area contributed by atoms with E-state index in [-0.39, 0.29) is 38.1 Å². The van der Waals surface area contributed by atoms with E-state index in [1.54, 1.807) is 17.0 Å². The molecule has 0 aromatic heterocycles. The standard InChI is InChI=1S/C14H15FN4O4.C13H17FN2O4.C2H3I3/c15-12-5-10(19-6-11(7-20)23-14(19)22)1-2-13(12)17-3-4-18(9-21)16-8-17;1-19-8-10-7-16(13(18)20-10)9-2-3-12(11(14)6-9)15-4-5-17;1-2(3,4)5/h1-2,5,8-9,11,20H,3-4,6-7H2;2-3,6,10,15,17H,4-5,7-8H2,1H3;1H3/t11-;10-;/m11./s1. The Morgan fingerprint density at radius 1 is 1.00 bits per heavy atom. The average Bonchev–Trinajstić information content (AvgIpc) is 3.61. The van der Waals surface area contributed by atoms with Gasteiger partial charge in [0.15, 0.2) is 0 Å². The van der Waals surface area contributed by atoms with Gasteiger partial charge in [-0.25, -0.2) is 23.4 Å². The zero-order chi connectivity index (χ0) is 35.4. The Labute approximate surface area is 317 Å². The first-order valence-corrected chi connectivity index (χ1v) is 17.6. The van der Waals surface area contributed by atoms with Crippen molar-refractivity contribution in [2.45, 2.75) is 18.6 Å². The van der Waals surface area contributed by atoms with E-state index in [0.29, 0.717) is 49.1 Å². The number of benzene rings is 2. The normalized spacial score (nSPS) is 18.9. The van der Waals surface area contributed by atoms with E-state index in [1.807, 2.05) is 0 Å². The van der Waals surface area contributed by atoms with Crippen LogP contribution in [0.1, 0.15) is 6.92 Å². The number of hydrogen-bond donors (Lipinski definition) is 3. The number of alkyl halides is 3. The molecule has 0 bridgehead atoms. The third-order valence-corrected chi connectivity index (χ3v) is 6.58. The molecule has 2 atom stereocenters. The summed E-state index contributed by atoms with van der Waals surface area (Å²) in [6, 6.07) is 8.77. The van der Waals surface area contributed by atoms with Crippen LogP contribution in [0.4, 0.5) is 41.1 Å². The van der Waals surface area contributed by atoms with E-state index in [1.165, 1.54) is 52.5 Å². The van der Waals surface area contributed by atoms with Crippen LogP contribution in [0.25, 0.3) is 0 Å². The SMILES string of the molecule is CC(I)(I)I.COC[C@H]1CN(c2ccc(NCCO)c(F)c2)C(=O)O1.O=CN1CCN(c2ccc(N3C[C@H](CO)OC3=O)cc2F)C=N1. The molecule has 2 aromatic rings. The Morgan fingerprint density at radius 2 is 1.58 bits per heavy atom. The Hall–Kier alpha value is -2.35. The van der Waals surface area contributed by atoms with Crippen molar-refractivity contribution in [2.24, 2.45) is 5.10 Å². The Bertz CT molecular complexity index is 1430. The van der Waals surface area contributed by atoms with E-state index in [2.05, 4.69) is 85.1 Å². The van der Waals surface area contributed by atoms with Gasteiger partial charge < -0.3 is 34.6 Å². The molecule has 19 heteroatoms. The van der Waals surface area contributed by atoms with Crippen molar-refractivity contribution in [3.63, 3.8) is 0 Å². The van der Waals surface area contributed by atoms with Crippen LogP contribution in [0, 0.1) is 11.6 Å². The van der Waals surface area contributed by atoms with E-state index < -0.39 is 29.9 Å². The van der Waals surface area contributed by atoms with Crippen molar-refractivity contribution in [1.82, 2.24) is 5.01 Å². The lowest BCUT2D eigenvalue weighted by Gasteiger charge is -2.27. The molecule has 3 aliphatic heterocycles. The highest BCUT2D eigenvalue weighted by atomic mass is 127. The van der Waals surface area contributed by atoms with Gasteiger partial charge in [-0.3, -0.25) is 14.6 Å². The molecule has 5 rings (SSSR count). The van der Waals surface area contributed by atoms with Gasteiger partial charge in [0.2, 0.25) is 6.41 Å². The first-order valence-electron chi connectivity index (χ1n) is 14.4. The average molecular weight is 1010 g/mol. The van der Waals surface area contributed by atoms with Gasteiger partial charge in [0, 0.05) is 20.2 Å². The molecule has 2 aromatic carbocycles. The van der Waals surface area contributed by atoms with Gasteiger partial charge in [0.25, 0.3) is 0 Å². The fourth-order valence-corrected chi connectivity index (χ4v) is 4.45. The topological polar surface area (TPSA) is 157 Å². The molecule has 0 unspecified atom stereocenters. The molecule has 3 amide bonds. The van der Waals surface area contributed by atoms with Crippen molar-refractivity contribution in [3.05, 3.63) is 48.0 Å². The van der Waals surface area contributed by atoms with Crippen LogP contribution in [-0.2, 0) is 19.0 Å². The van der Waals surface area contributed by atoms with Crippen molar-refractivity contribution < 1.29 is 47.6 Å². The van der Waals surface area contributed by atoms with Gasteiger partial charge in [-0.2, -0.15) is 5.10 Å². The van der Waals surface area contributed by atoms with E-state index in [9.17, 15) is 23.2 Å². The summed E-state index contributed by atoms with van der Waals surface area (Å²) in [6.07, 6.45) is -0.0948. The molecule has 3 N–H and O–H groups in total. The molecule has 3 aliphatic rings. The third-order valence-electron chi connectivity index (χ3n) is 6.58. The van der Waals surface area contributed by atoms with E-state index in [4.69, 9.17) is 24.4 Å². The number of halogens is 5. The summed E-state index contributed by atoms with van der Waals surface area (Å²) in [6.45, 7) is 3.63. The number of hydrogen-bond acceptors (Lipinski definition) is 11. The number of anilines is 4. The van der Waals surface area contributed by atoms with Crippen LogP contribution in [0.15, 0.2) is 41.5 Å². The fraction of sp³-hybridized carbons (Fsp3) is 0.448. The summed E-state index contributed by atoms with van der Waals surface area (Å²) < 4.78 is 43.6. The number of rotatable bonds is 10. The molecular formula is C29H35F2I3N6O8. The summed E-state index contributed by atoms with van der Waals surface area (Å²) in [5, 5.41) is 25.6. The minimum absolute atomic E-state index is 0.0850. The predicted octanol–water partition coefficient (Wildman–Crippen LogP) is 4.53. The van der Waals surface area contributed by atoms with Crippen LogP contribution in [0.3, 0.4) is 0 Å². The molecule has 2 fully saturated rings. The summed E-state index contributed by atoms with van der Waals surface area (Å²) >= 11 is 7.05. The molecular weight excluding hydrogens is 979 g/mol. The highest BCUT2D eigenvalue weighted by Crippen LogP contribution is 2.33. The van der Waals surface area contributed by atoms with Crippen molar-refractivity contribution >= 4 is 115 Å². The smallest absolute Gasteiger partial charge is 0.414 e. The minimum Gasteiger partial charge on any atom is -0.441 e. The molecule has 0 saturated carbocycles. The van der Waals surface area contributed by atoms with Crippen molar-refractivity contribution in [3.8, 4) is 0 Å². The summed E-state index contributed by atoms with van der Waals surface area (Å²) in [5.74, 6) is -1.01. The maximum absolute atomic E-state index is 14.4. The molecule has 0 aliphatic carbocycles. The molecule has 0 radical (unpaired) electrons. The maximum atomic E-state index is 14.4. The largest absolute Gasteiger partial charge is 0.441 e. The number of nitrogens with one attached hydrogen (secondary N) is 1. The molecule has 0 spiro atoms. The summed E-state index contributed by atoms with van der Waals surface area (Å²) in [7, 11) is 1.53. The maximum Gasteiger partial charge on any atom is 0.414 e. The Kier molecular flexibility index (Phi) is 16.0. The molecule has 48 heavy (non-hydrogen) atoms. The third kappa shape index (κ3) is 12.2. The number of methoxy groups -OCH3 is 1. The highest BCUT2D eigenvalue weighted by molar-refractivity contribution is 14.3. The van der Waals surface area contributed by atoms with Crippen LogP contribution < -0.4 is 20.0 Å². The zero-order valence-corrected chi connectivity index (χ0v) is 32.4. The van der Waals surface area contributed by atoms with Gasteiger partial charge in [0.05, 0.1) is 62.2 Å². The first kappa shape index (κ1) is 40.1. The summed E-state index contributed by atoms with van der Waals surface area (Å²) in [4.78, 5) is 38.2. The quantitative estimate of drug-likeness (QED) is 0.176. The van der Waals surface area contributed by atoms with Crippen molar-refractivity contribution in [1.29, 1.82) is 0 Å². The summed E-state index contributed by atoms with van der Waals surface area (Å²) in [5.41, 5.74) is 1.37. The van der Waals surface area contributed by atoms with Gasteiger partial charge in [0.1, 0.15) is 29.6 Å². The van der Waals surface area contributed by atoms with Gasteiger partial charge in [-0.05, 0) is 43.3 Å². The monoisotopic (exact) mass is 1010 g/mol. The Morgan fingerprint density at radius 3 is 2.06 bits per heavy atom. The number of nitrogens with zero attached hydrogens (tertiary/aromatic N) is 5. The van der Waals surface area contributed by atoms with Crippen molar-refractivity contribution in [2.75, 3.05) is 79.7 Å². The lowest BCUT2D eigenvalue weighted by atomic mass is 10.2. The van der Waals surface area contributed by atoms with Crippen LogP contribution in [0.2, 0.25) is 0 Å². The van der Waals surface area contributed by atoms with E-state index in [0.717, 1.165) is 0 Å². The molecule has 2 saturated heterocycles. The number of cyclic esters (lactones) is 2. The van der Waals surface area contributed by atoms with Gasteiger partial charge in [-0.1, -0.05) is 67.8 Å². The van der Waals surface area contributed by atoms with Crippen LogP contribution in [0.5, 0.6) is 0 Å². The fourth-order valence-electron chi connectivity index (χ4n) is 4.45. The highest BCUT2D eigenvalue weighted by Gasteiger charge is 2.33.